The number of aromatic nitrogens is 1. The van der Waals surface area contributed by atoms with E-state index in [0.717, 1.165) is 6.42 Å². The van der Waals surface area contributed by atoms with Crippen LogP contribution in [0.5, 0.6) is 0 Å². The fraction of sp³-hybridized carbons (Fsp3) is 0.185. The average molecular weight is 613 g/mol. The summed E-state index contributed by atoms with van der Waals surface area (Å²) in [7, 11) is 0. The summed E-state index contributed by atoms with van der Waals surface area (Å²) in [5.41, 5.74) is 10.2. The van der Waals surface area contributed by atoms with Crippen molar-refractivity contribution >= 4 is 11.8 Å². The second-order valence-corrected chi connectivity index (χ2v) is 13.4. The first-order chi connectivity index (χ1) is 14.2. The number of nitrogens with zero attached hydrogens (tertiary/aromatic N) is 1. The molecule has 0 N–H and O–H groups in total. The van der Waals surface area contributed by atoms with E-state index in [1.165, 1.54) is 34.5 Å². The van der Waals surface area contributed by atoms with Crippen LogP contribution in [0.4, 0.5) is 0 Å². The molecule has 2 aromatic carbocycles. The number of hydrogen-bond donors (Lipinski definition) is 0. The number of benzene rings is 2. The Morgan fingerprint density at radius 2 is 1.71 bits per heavy atom. The van der Waals surface area contributed by atoms with Gasteiger partial charge in [-0.2, -0.15) is 0 Å². The van der Waals surface area contributed by atoms with Gasteiger partial charge in [-0.05, 0) is 0 Å². The Morgan fingerprint density at radius 3 is 2.45 bits per heavy atom. The molecule has 5 rings (SSSR count). The predicted molar refractivity (Wildman–Crippen MR) is 118 cm³/mol. The summed E-state index contributed by atoms with van der Waals surface area (Å²) in [6, 6.07) is 22.3. The second kappa shape index (κ2) is 10.3. The van der Waals surface area contributed by atoms with Gasteiger partial charge >= 0.3 is 185 Å². The van der Waals surface area contributed by atoms with Gasteiger partial charge in [0.2, 0.25) is 0 Å². The van der Waals surface area contributed by atoms with Crippen molar-refractivity contribution in [3.63, 3.8) is 0 Å². The molecule has 0 bridgehead atoms. The van der Waals surface area contributed by atoms with E-state index in [1.807, 2.05) is 0 Å². The third-order valence-corrected chi connectivity index (χ3v) is 12.3. The van der Waals surface area contributed by atoms with Crippen LogP contribution in [-0.2, 0) is 29.3 Å². The molecule has 156 valence electrons. The van der Waals surface area contributed by atoms with Gasteiger partial charge < -0.3 is 24.8 Å². The van der Waals surface area contributed by atoms with Crippen LogP contribution in [-0.4, -0.2) is 4.57 Å². The van der Waals surface area contributed by atoms with E-state index in [1.54, 1.807) is 14.5 Å². The minimum atomic E-state index is -1.11. The fourth-order valence-electron chi connectivity index (χ4n) is 4.55. The van der Waals surface area contributed by atoms with E-state index in [9.17, 15) is 0 Å². The summed E-state index contributed by atoms with van der Waals surface area (Å²) in [5.74, 6) is 0. The maximum absolute atomic E-state index is 2.45. The van der Waals surface area contributed by atoms with Gasteiger partial charge in [0, 0.05) is 0 Å². The van der Waals surface area contributed by atoms with Gasteiger partial charge in [-0.1, -0.05) is 0 Å². The van der Waals surface area contributed by atoms with Crippen molar-refractivity contribution in [2.24, 2.45) is 0 Å². The summed E-state index contributed by atoms with van der Waals surface area (Å²) in [6.45, 7) is 4.43. The summed E-state index contributed by atoms with van der Waals surface area (Å²) in [6.07, 6.45) is 11.8. The first-order valence-corrected chi connectivity index (χ1v) is 14.2. The predicted octanol–water partition coefficient (Wildman–Crippen LogP) is 0.705. The molecule has 1 nitrogen and oxygen atoms in total. The van der Waals surface area contributed by atoms with Crippen molar-refractivity contribution in [3.05, 3.63) is 116 Å². The fourth-order valence-corrected chi connectivity index (χ4v) is 10.8. The maximum atomic E-state index is 2.45. The molecule has 0 amide bonds. The average Bonchev–Trinajstić information content (AvgIpc) is 3.41. The van der Waals surface area contributed by atoms with Gasteiger partial charge in [0.15, 0.2) is 0 Å². The number of halogens is 2. The summed E-state index contributed by atoms with van der Waals surface area (Å²) >= 11 is -1.11. The zero-order valence-electron chi connectivity index (χ0n) is 17.8. The molecule has 2 aliphatic carbocycles. The molecule has 0 saturated carbocycles. The van der Waals surface area contributed by atoms with Crippen molar-refractivity contribution in [3.8, 4) is 0 Å². The molecule has 0 radical (unpaired) electrons. The van der Waals surface area contributed by atoms with Gasteiger partial charge in [-0.25, -0.2) is 0 Å². The smallest absolute Gasteiger partial charge is 1.00 e. The molecule has 0 fully saturated rings. The topological polar surface area (TPSA) is 4.93 Å². The summed E-state index contributed by atoms with van der Waals surface area (Å²) in [4.78, 5) is 0. The number of fused-ring (bicyclic) bond motifs is 1. The van der Waals surface area contributed by atoms with Crippen molar-refractivity contribution < 1.29 is 47.7 Å². The minimum Gasteiger partial charge on any atom is -1.00 e. The molecule has 1 unspecified atom stereocenters. The van der Waals surface area contributed by atoms with Crippen LogP contribution in [0.3, 0.4) is 0 Å². The molecular weight excluding hydrogens is 588 g/mol. The zero-order chi connectivity index (χ0) is 19.8. The van der Waals surface area contributed by atoms with Gasteiger partial charge in [0.25, 0.3) is 0 Å². The minimum absolute atomic E-state index is 0. The van der Waals surface area contributed by atoms with E-state index >= 15 is 0 Å². The monoisotopic (exact) mass is 613 g/mol. The summed E-state index contributed by atoms with van der Waals surface area (Å²) < 4.78 is 4.84. The quantitative estimate of drug-likeness (QED) is 0.375. The van der Waals surface area contributed by atoms with Crippen LogP contribution in [0.2, 0.25) is 0 Å². The Bertz CT molecular complexity index is 1150. The number of rotatable bonds is 5. The first-order valence-electron chi connectivity index (χ1n) is 10.3. The Kier molecular flexibility index (Phi) is 8.02. The molecule has 2 aliphatic rings. The molecule has 1 atom stereocenters. The summed E-state index contributed by atoms with van der Waals surface area (Å²) in [5, 5.41) is 0. The Morgan fingerprint density at radius 1 is 0.968 bits per heavy atom. The van der Waals surface area contributed by atoms with Crippen molar-refractivity contribution in [2.45, 2.75) is 30.4 Å². The molecule has 0 saturated heterocycles. The van der Waals surface area contributed by atoms with Crippen LogP contribution < -0.4 is 24.8 Å². The van der Waals surface area contributed by atoms with E-state index in [-0.39, 0.29) is 24.8 Å². The van der Waals surface area contributed by atoms with E-state index in [4.69, 9.17) is 0 Å². The van der Waals surface area contributed by atoms with E-state index in [2.05, 4.69) is 104 Å². The third-order valence-electron chi connectivity index (χ3n) is 5.92. The Hall–Kier alpha value is -1.61. The second-order valence-electron chi connectivity index (χ2n) is 8.08. The van der Waals surface area contributed by atoms with E-state index in [0.29, 0.717) is 3.67 Å². The van der Waals surface area contributed by atoms with Gasteiger partial charge in [-0.3, -0.25) is 0 Å². The standard InChI is InChI=1S/C15H14N.C12H11.2ClH.Hf/c1-11-7-12(2)16(10-11)15-8-13-5-3-4-6-14(13)9-15;1-2-6-11(7-3-1)10-12-8-4-5-9-12;;;/h3-10H,1-2H3;1-4,6-8H,5,10H2;2*1H;/q;;;;+2/p-2. The molecule has 3 aromatic rings. The van der Waals surface area contributed by atoms with Crippen LogP contribution in [0.15, 0.2) is 87.9 Å². The molecule has 4 heteroatoms. The van der Waals surface area contributed by atoms with Crippen LogP contribution in [0.25, 0.3) is 11.8 Å². The molecule has 31 heavy (non-hydrogen) atoms. The van der Waals surface area contributed by atoms with Crippen molar-refractivity contribution in [1.29, 1.82) is 0 Å². The largest absolute Gasteiger partial charge is 1.00 e. The normalized spacial score (nSPS) is 16.3. The Labute approximate surface area is 209 Å². The molecular formula is C27H25Cl2HfN. The number of allylic oxidation sites excluding steroid dienone is 5. The van der Waals surface area contributed by atoms with Crippen LogP contribution in [0, 0.1) is 13.8 Å². The number of hydrogen-bond acceptors (Lipinski definition) is 0. The van der Waals surface area contributed by atoms with Crippen LogP contribution >= 0.6 is 0 Å². The third kappa shape index (κ3) is 4.92. The van der Waals surface area contributed by atoms with Crippen LogP contribution in [0.1, 0.15) is 38.0 Å². The van der Waals surface area contributed by atoms with Crippen molar-refractivity contribution in [1.82, 2.24) is 4.57 Å². The molecule has 1 aromatic heterocycles. The number of aryl methyl sites for hydroxylation is 2. The SMILES string of the molecule is Cc1cc(C)n(C2=Cc3ccccc3[CH]2[Hf+2][C]2=C(Cc3ccccc3)C=CC2)c1.[Cl-].[Cl-]. The van der Waals surface area contributed by atoms with Gasteiger partial charge in [-0.15, -0.1) is 0 Å². The van der Waals surface area contributed by atoms with Crippen molar-refractivity contribution in [2.75, 3.05) is 0 Å². The van der Waals surface area contributed by atoms with E-state index < -0.39 is 22.9 Å². The Balaban J connectivity index is 0.00000136. The van der Waals surface area contributed by atoms with Gasteiger partial charge in [0.1, 0.15) is 0 Å². The maximum Gasteiger partial charge on any atom is -1.00 e. The zero-order valence-corrected chi connectivity index (χ0v) is 22.9. The molecule has 0 spiro atoms. The molecule has 0 aliphatic heterocycles. The van der Waals surface area contributed by atoms with Gasteiger partial charge in [0.05, 0.1) is 0 Å². The molecule has 1 heterocycles. The first kappa shape index (κ1) is 24.0.